The van der Waals surface area contributed by atoms with Crippen LogP contribution in [0.2, 0.25) is 0 Å². The maximum atomic E-state index is 12.7. The molecule has 0 saturated carbocycles. The highest BCUT2D eigenvalue weighted by Crippen LogP contribution is 2.30. The molecule has 134 valence electrons. The molecule has 1 fully saturated rings. The first-order valence-electron chi connectivity index (χ1n) is 8.12. The van der Waals surface area contributed by atoms with E-state index >= 15 is 0 Å². The molecule has 0 radical (unpaired) electrons. The molecule has 1 aliphatic rings. The van der Waals surface area contributed by atoms with Gasteiger partial charge in [-0.3, -0.25) is 0 Å². The van der Waals surface area contributed by atoms with E-state index in [1.54, 1.807) is 13.1 Å². The largest absolute Gasteiger partial charge is 0.417 e. The molecule has 5 nitrogen and oxygen atoms in total. The number of alkyl halides is 3. The van der Waals surface area contributed by atoms with Gasteiger partial charge in [0.05, 0.1) is 5.56 Å². The van der Waals surface area contributed by atoms with Gasteiger partial charge in [0.1, 0.15) is 11.6 Å². The second-order valence-corrected chi connectivity index (χ2v) is 6.00. The van der Waals surface area contributed by atoms with Gasteiger partial charge in [0.25, 0.3) is 0 Å². The number of aromatic nitrogens is 2. The van der Waals surface area contributed by atoms with Gasteiger partial charge < -0.3 is 15.5 Å². The fraction of sp³-hybridized carbons (Fsp3) is 0.412. The normalized spacial score (nSPS) is 15.3. The Kier molecular flexibility index (Phi) is 5.08. The Balaban J connectivity index is 1.67. The highest BCUT2D eigenvalue weighted by molar-refractivity contribution is 5.47. The number of aryl methyl sites for hydroxylation is 1. The number of nitrogens with one attached hydrogen (secondary N) is 2. The smallest absolute Gasteiger partial charge is 0.366 e. The highest BCUT2D eigenvalue weighted by atomic mass is 19.4. The van der Waals surface area contributed by atoms with Gasteiger partial charge in [0.2, 0.25) is 0 Å². The second-order valence-electron chi connectivity index (χ2n) is 6.00. The molecule has 8 heteroatoms. The summed E-state index contributed by atoms with van der Waals surface area (Å²) in [5.74, 6) is 1.37. The molecule has 3 rings (SSSR count). The highest BCUT2D eigenvalue weighted by Gasteiger charge is 2.31. The summed E-state index contributed by atoms with van der Waals surface area (Å²) >= 11 is 0. The zero-order valence-corrected chi connectivity index (χ0v) is 13.9. The van der Waals surface area contributed by atoms with Crippen LogP contribution in [-0.4, -0.2) is 36.1 Å². The number of pyridine rings is 2. The Hall–Kier alpha value is -2.35. The Morgan fingerprint density at radius 1 is 1.20 bits per heavy atom. The van der Waals surface area contributed by atoms with Crippen molar-refractivity contribution in [3.8, 4) is 0 Å². The van der Waals surface area contributed by atoms with Crippen molar-refractivity contribution in [1.82, 2.24) is 15.3 Å². The van der Waals surface area contributed by atoms with Crippen LogP contribution in [0, 0.1) is 6.92 Å². The topological polar surface area (TPSA) is 53.1 Å². The average Bonchev–Trinajstić information content (AvgIpc) is 2.61. The summed E-state index contributed by atoms with van der Waals surface area (Å²) < 4.78 is 38.1. The van der Waals surface area contributed by atoms with E-state index < -0.39 is 11.7 Å². The molecule has 25 heavy (non-hydrogen) atoms. The average molecular weight is 351 g/mol. The standard InChI is InChI=1S/C17H20F3N5/c1-12-8-14(17(18,19)20)11-24-16(12)23-10-13-2-3-22-15(9-13)25-6-4-21-5-7-25/h2-3,8-9,11,21H,4-7,10H2,1H3,(H,23,24). The van der Waals surface area contributed by atoms with E-state index in [2.05, 4.69) is 25.5 Å². The summed E-state index contributed by atoms with van der Waals surface area (Å²) in [4.78, 5) is 10.5. The van der Waals surface area contributed by atoms with Crippen LogP contribution in [0.25, 0.3) is 0 Å². The predicted molar refractivity (Wildman–Crippen MR) is 90.6 cm³/mol. The van der Waals surface area contributed by atoms with E-state index in [4.69, 9.17) is 0 Å². The van der Waals surface area contributed by atoms with Crippen LogP contribution in [0.3, 0.4) is 0 Å². The maximum Gasteiger partial charge on any atom is 0.417 e. The number of halogens is 3. The molecule has 2 aromatic rings. The first-order valence-corrected chi connectivity index (χ1v) is 8.12. The molecular formula is C17H20F3N5. The lowest BCUT2D eigenvalue weighted by Crippen LogP contribution is -2.43. The van der Waals surface area contributed by atoms with Crippen LogP contribution < -0.4 is 15.5 Å². The van der Waals surface area contributed by atoms with Gasteiger partial charge in [-0.1, -0.05) is 0 Å². The molecule has 3 heterocycles. The van der Waals surface area contributed by atoms with Gasteiger partial charge in [-0.25, -0.2) is 9.97 Å². The van der Waals surface area contributed by atoms with Crippen LogP contribution in [0.15, 0.2) is 30.6 Å². The summed E-state index contributed by atoms with van der Waals surface area (Å²) in [7, 11) is 0. The maximum absolute atomic E-state index is 12.7. The molecule has 2 aromatic heterocycles. The van der Waals surface area contributed by atoms with Crippen molar-refractivity contribution in [2.24, 2.45) is 0 Å². The summed E-state index contributed by atoms with van der Waals surface area (Å²) in [5, 5.41) is 6.40. The van der Waals surface area contributed by atoms with Crippen LogP contribution >= 0.6 is 0 Å². The van der Waals surface area contributed by atoms with Gasteiger partial charge in [-0.2, -0.15) is 13.2 Å². The van der Waals surface area contributed by atoms with E-state index in [1.165, 1.54) is 0 Å². The van der Waals surface area contributed by atoms with Crippen molar-refractivity contribution in [2.75, 3.05) is 36.4 Å². The fourth-order valence-electron chi connectivity index (χ4n) is 2.74. The van der Waals surface area contributed by atoms with E-state index in [9.17, 15) is 13.2 Å². The Labute approximate surface area is 144 Å². The van der Waals surface area contributed by atoms with Crippen molar-refractivity contribution < 1.29 is 13.2 Å². The molecule has 2 N–H and O–H groups in total. The van der Waals surface area contributed by atoms with Gasteiger partial charge in [0, 0.05) is 45.1 Å². The molecule has 0 amide bonds. The third-order valence-corrected chi connectivity index (χ3v) is 4.12. The number of hydrogen-bond donors (Lipinski definition) is 2. The van der Waals surface area contributed by atoms with Crippen LogP contribution in [0.5, 0.6) is 0 Å². The number of piperazine rings is 1. The molecule has 0 aromatic carbocycles. The quantitative estimate of drug-likeness (QED) is 0.887. The first-order chi connectivity index (χ1) is 11.9. The number of nitrogens with zero attached hydrogens (tertiary/aromatic N) is 3. The second kappa shape index (κ2) is 7.26. The van der Waals surface area contributed by atoms with Crippen LogP contribution in [0.4, 0.5) is 24.8 Å². The molecule has 1 saturated heterocycles. The van der Waals surface area contributed by atoms with E-state index in [-0.39, 0.29) is 0 Å². The molecule has 0 atom stereocenters. The van der Waals surface area contributed by atoms with Crippen LogP contribution in [-0.2, 0) is 12.7 Å². The lowest BCUT2D eigenvalue weighted by Gasteiger charge is -2.28. The summed E-state index contributed by atoms with van der Waals surface area (Å²) in [6.45, 7) is 5.76. The van der Waals surface area contributed by atoms with E-state index in [0.29, 0.717) is 17.9 Å². The van der Waals surface area contributed by atoms with Gasteiger partial charge in [-0.05, 0) is 36.2 Å². The number of anilines is 2. The lowest BCUT2D eigenvalue weighted by atomic mass is 10.2. The summed E-state index contributed by atoms with van der Waals surface area (Å²) in [6.07, 6.45) is -1.77. The third kappa shape index (κ3) is 4.39. The minimum absolute atomic E-state index is 0.452. The monoisotopic (exact) mass is 351 g/mol. The lowest BCUT2D eigenvalue weighted by molar-refractivity contribution is -0.137. The third-order valence-electron chi connectivity index (χ3n) is 4.12. The van der Waals surface area contributed by atoms with Crippen LogP contribution in [0.1, 0.15) is 16.7 Å². The molecule has 1 aliphatic heterocycles. The zero-order valence-electron chi connectivity index (χ0n) is 13.9. The van der Waals surface area contributed by atoms with Crippen molar-refractivity contribution >= 4 is 11.6 Å². The summed E-state index contributed by atoms with van der Waals surface area (Å²) in [6, 6.07) is 4.99. The van der Waals surface area contributed by atoms with Gasteiger partial charge in [0.15, 0.2) is 0 Å². The van der Waals surface area contributed by atoms with Gasteiger partial charge in [-0.15, -0.1) is 0 Å². The molecule has 0 bridgehead atoms. The SMILES string of the molecule is Cc1cc(C(F)(F)F)cnc1NCc1ccnc(N2CCNCC2)c1. The Morgan fingerprint density at radius 3 is 2.64 bits per heavy atom. The summed E-state index contributed by atoms with van der Waals surface area (Å²) in [5.41, 5.74) is 0.733. The van der Waals surface area contributed by atoms with Crippen molar-refractivity contribution in [3.05, 3.63) is 47.3 Å². The van der Waals surface area contributed by atoms with Crippen molar-refractivity contribution in [2.45, 2.75) is 19.6 Å². The number of hydrogen-bond acceptors (Lipinski definition) is 5. The van der Waals surface area contributed by atoms with E-state index in [0.717, 1.165) is 49.8 Å². The first kappa shape index (κ1) is 17.5. The Morgan fingerprint density at radius 2 is 1.96 bits per heavy atom. The molecule has 0 unspecified atom stereocenters. The number of rotatable bonds is 4. The van der Waals surface area contributed by atoms with Crippen molar-refractivity contribution in [3.63, 3.8) is 0 Å². The van der Waals surface area contributed by atoms with Gasteiger partial charge >= 0.3 is 6.18 Å². The fourth-order valence-corrected chi connectivity index (χ4v) is 2.74. The van der Waals surface area contributed by atoms with E-state index in [1.807, 2.05) is 12.1 Å². The minimum Gasteiger partial charge on any atom is -0.366 e. The molecular weight excluding hydrogens is 331 g/mol. The Bertz CT molecular complexity index is 726. The zero-order chi connectivity index (χ0) is 17.9. The molecule has 0 aliphatic carbocycles. The minimum atomic E-state index is -4.38. The van der Waals surface area contributed by atoms with Crippen molar-refractivity contribution in [1.29, 1.82) is 0 Å². The molecule has 0 spiro atoms. The predicted octanol–water partition coefficient (Wildman–Crippen LogP) is 2.83.